The molecule has 0 aliphatic carbocycles. The minimum Gasteiger partial charge on any atom is -0.429 e. The maximum absolute atomic E-state index is 12.5. The van der Waals surface area contributed by atoms with Gasteiger partial charge in [-0.2, -0.15) is 18.2 Å². The summed E-state index contributed by atoms with van der Waals surface area (Å²) in [5, 5.41) is 13.6. The zero-order chi connectivity index (χ0) is 20.2. The molecular formula is C15H16BClF3N3O3. The number of nitrogens with zero attached hydrogens (tertiary/aromatic N) is 3. The van der Waals surface area contributed by atoms with Gasteiger partial charge in [0.25, 0.3) is 0 Å². The van der Waals surface area contributed by atoms with Crippen LogP contribution >= 0.6 is 11.6 Å². The second-order valence-corrected chi connectivity index (χ2v) is 5.65. The summed E-state index contributed by atoms with van der Waals surface area (Å²) in [6.07, 6.45) is -2.07. The highest BCUT2D eigenvalue weighted by atomic mass is 35.5. The van der Waals surface area contributed by atoms with Crippen molar-refractivity contribution < 1.29 is 27.5 Å². The number of aromatic nitrogens is 2. The molecule has 1 heterocycles. The lowest BCUT2D eigenvalue weighted by molar-refractivity contribution is -0.159. The van der Waals surface area contributed by atoms with Crippen LogP contribution in [0, 0.1) is 0 Å². The fourth-order valence-electron chi connectivity index (χ4n) is 1.79. The van der Waals surface area contributed by atoms with Crippen molar-refractivity contribution in [3.63, 3.8) is 0 Å². The Labute approximate surface area is 153 Å². The monoisotopic (exact) mass is 389 g/mol. The second kappa shape index (κ2) is 8.37. The molecule has 0 aliphatic rings. The van der Waals surface area contributed by atoms with Crippen molar-refractivity contribution in [1.29, 1.82) is 0 Å². The highest BCUT2D eigenvalue weighted by molar-refractivity contribution is 6.59. The molecule has 6 nitrogen and oxygen atoms in total. The first-order valence-corrected chi connectivity index (χ1v) is 7.52. The van der Waals surface area contributed by atoms with Crippen LogP contribution in [0.15, 0.2) is 45.9 Å². The first-order chi connectivity index (χ1) is 11.9. The predicted octanol–water partition coefficient (Wildman–Crippen LogP) is 3.22. The molecule has 1 N–H and O–H groups in total. The molecule has 11 heteroatoms. The van der Waals surface area contributed by atoms with Crippen molar-refractivity contribution in [2.24, 2.45) is 0 Å². The van der Waals surface area contributed by atoms with Crippen molar-refractivity contribution in [3.8, 4) is 0 Å². The maximum atomic E-state index is 12.5. The van der Waals surface area contributed by atoms with Crippen LogP contribution in [0.4, 0.5) is 13.2 Å². The summed E-state index contributed by atoms with van der Waals surface area (Å²) >= 11 is 5.83. The summed E-state index contributed by atoms with van der Waals surface area (Å²) < 4.78 is 41.5. The van der Waals surface area contributed by atoms with Gasteiger partial charge in [0, 0.05) is 16.2 Å². The smallest absolute Gasteiger partial charge is 0.429 e. The van der Waals surface area contributed by atoms with Crippen LogP contribution in [-0.4, -0.2) is 40.0 Å². The molecule has 1 rings (SSSR count). The van der Waals surface area contributed by atoms with Crippen molar-refractivity contribution >= 4 is 30.1 Å². The van der Waals surface area contributed by atoms with Gasteiger partial charge in [0.2, 0.25) is 11.7 Å². The summed E-state index contributed by atoms with van der Waals surface area (Å²) in [5.74, 6) is -2.53. The Kier molecular flexibility index (Phi) is 6.99. The summed E-state index contributed by atoms with van der Waals surface area (Å²) in [6, 6.07) is 0. The van der Waals surface area contributed by atoms with Crippen LogP contribution in [0.25, 0.3) is 5.57 Å². The van der Waals surface area contributed by atoms with Gasteiger partial charge in [-0.1, -0.05) is 42.1 Å². The van der Waals surface area contributed by atoms with Crippen molar-refractivity contribution in [1.82, 2.24) is 15.0 Å². The SMILES string of the molecule is C=C(C(=O)N(C)B(O)/C(C)=C/C(=C)c1noc(C(F)(F)F)n1)/C(Cl)=C\C. The molecule has 0 spiro atoms. The number of carbonyl (C=O) groups excluding carboxylic acids is 1. The first-order valence-electron chi connectivity index (χ1n) is 7.14. The van der Waals surface area contributed by atoms with Gasteiger partial charge in [-0.05, 0) is 26.4 Å². The Morgan fingerprint density at radius 3 is 2.46 bits per heavy atom. The summed E-state index contributed by atoms with van der Waals surface area (Å²) in [4.78, 5) is 16.3. The Hall–Kier alpha value is -2.33. The molecule has 140 valence electrons. The van der Waals surface area contributed by atoms with E-state index in [1.807, 2.05) is 0 Å². The Morgan fingerprint density at radius 1 is 1.42 bits per heavy atom. The molecule has 0 saturated heterocycles. The average molecular weight is 390 g/mol. The molecule has 0 fully saturated rings. The lowest BCUT2D eigenvalue weighted by Crippen LogP contribution is -2.42. The summed E-state index contributed by atoms with van der Waals surface area (Å²) in [7, 11) is -0.0832. The number of alkyl halides is 3. The van der Waals surface area contributed by atoms with Crippen molar-refractivity contribution in [2.75, 3.05) is 7.05 Å². The van der Waals surface area contributed by atoms with Gasteiger partial charge < -0.3 is 14.4 Å². The lowest BCUT2D eigenvalue weighted by Gasteiger charge is -2.22. The molecule has 0 aliphatic heterocycles. The quantitative estimate of drug-likeness (QED) is 0.459. The van der Waals surface area contributed by atoms with Crippen LogP contribution in [0.2, 0.25) is 0 Å². The third kappa shape index (κ3) is 5.09. The van der Waals surface area contributed by atoms with E-state index in [9.17, 15) is 23.0 Å². The number of carbonyl (C=O) groups is 1. The highest BCUT2D eigenvalue weighted by Crippen LogP contribution is 2.28. The molecule has 0 aromatic carbocycles. The number of halogens is 4. The van der Waals surface area contributed by atoms with E-state index in [-0.39, 0.29) is 27.5 Å². The molecule has 0 saturated carbocycles. The van der Waals surface area contributed by atoms with Crippen LogP contribution in [-0.2, 0) is 11.0 Å². The van der Waals surface area contributed by atoms with Gasteiger partial charge >= 0.3 is 19.1 Å². The zero-order valence-electron chi connectivity index (χ0n) is 14.3. The van der Waals surface area contributed by atoms with Gasteiger partial charge in [0.1, 0.15) is 0 Å². The first kappa shape index (κ1) is 21.7. The van der Waals surface area contributed by atoms with Gasteiger partial charge in [-0.3, -0.25) is 4.79 Å². The molecule has 26 heavy (non-hydrogen) atoms. The molecular weight excluding hydrogens is 373 g/mol. The number of rotatable bonds is 6. The van der Waals surface area contributed by atoms with Crippen LogP contribution < -0.4 is 0 Å². The molecule has 0 radical (unpaired) electrons. The van der Waals surface area contributed by atoms with Crippen LogP contribution in [0.5, 0.6) is 0 Å². The van der Waals surface area contributed by atoms with E-state index in [0.29, 0.717) is 0 Å². The number of hydrogen-bond acceptors (Lipinski definition) is 5. The van der Waals surface area contributed by atoms with Crippen molar-refractivity contribution in [3.05, 3.63) is 53.1 Å². The van der Waals surface area contributed by atoms with Gasteiger partial charge in [0.15, 0.2) is 0 Å². The molecule has 0 atom stereocenters. The van der Waals surface area contributed by atoms with Crippen molar-refractivity contribution in [2.45, 2.75) is 20.0 Å². The minimum atomic E-state index is -4.77. The van der Waals surface area contributed by atoms with Gasteiger partial charge in [0.05, 0.1) is 0 Å². The maximum Gasteiger partial charge on any atom is 0.471 e. The second-order valence-electron chi connectivity index (χ2n) is 5.24. The van der Waals surface area contributed by atoms with E-state index in [1.54, 1.807) is 6.92 Å². The Balaban J connectivity index is 2.94. The van der Waals surface area contributed by atoms with E-state index >= 15 is 0 Å². The largest absolute Gasteiger partial charge is 0.471 e. The molecule has 1 amide bonds. The highest BCUT2D eigenvalue weighted by Gasteiger charge is 2.38. The van der Waals surface area contributed by atoms with E-state index in [4.69, 9.17) is 11.6 Å². The van der Waals surface area contributed by atoms with Gasteiger partial charge in [-0.25, -0.2) is 0 Å². The van der Waals surface area contributed by atoms with E-state index in [1.165, 1.54) is 26.1 Å². The summed E-state index contributed by atoms with van der Waals surface area (Å²) in [6.45, 7) is 10.1. The predicted molar refractivity (Wildman–Crippen MR) is 91.6 cm³/mol. The Morgan fingerprint density at radius 2 is 2.00 bits per heavy atom. The lowest BCUT2D eigenvalue weighted by atomic mass is 9.71. The van der Waals surface area contributed by atoms with E-state index in [0.717, 1.165) is 4.81 Å². The Bertz CT molecular complexity index is 787. The zero-order valence-corrected chi connectivity index (χ0v) is 15.0. The number of likely N-dealkylation sites (N-methyl/N-ethyl adjacent to an activating group) is 1. The van der Waals surface area contributed by atoms with Crippen LogP contribution in [0.3, 0.4) is 0 Å². The van der Waals surface area contributed by atoms with E-state index < -0.39 is 25.0 Å². The normalized spacial score (nSPS) is 12.8. The van der Waals surface area contributed by atoms with E-state index in [2.05, 4.69) is 27.8 Å². The molecule has 0 bridgehead atoms. The standard InChI is InChI=1S/C15H16BClF3N3O3/c1-6-11(17)10(4)13(24)23(5)16(25)9(3)7-8(2)12-21-14(26-22-12)15(18,19)20/h6-7,25H,2,4H2,1,3,5H3/b9-7+,11-6+. The fourth-order valence-corrected chi connectivity index (χ4v) is 1.87. The number of amides is 1. The molecule has 1 aromatic heterocycles. The molecule has 1 aromatic rings. The topological polar surface area (TPSA) is 79.5 Å². The minimum absolute atomic E-state index is 0.0182. The average Bonchev–Trinajstić information content (AvgIpc) is 3.08. The third-order valence-electron chi connectivity index (χ3n) is 3.25. The summed E-state index contributed by atoms with van der Waals surface area (Å²) in [5.41, 5.74) is 0.149. The fraction of sp³-hybridized carbons (Fsp3) is 0.267. The number of allylic oxidation sites excluding steroid dienone is 4. The van der Waals surface area contributed by atoms with Crippen LogP contribution in [0.1, 0.15) is 25.6 Å². The molecule has 0 unspecified atom stereocenters. The number of hydrogen-bond donors (Lipinski definition) is 1. The third-order valence-corrected chi connectivity index (χ3v) is 3.70. The van der Waals surface area contributed by atoms with Gasteiger partial charge in [-0.15, -0.1) is 0 Å².